The van der Waals surface area contributed by atoms with Gasteiger partial charge in [0.05, 0.1) is 26.9 Å². The minimum atomic E-state index is -0.794. The van der Waals surface area contributed by atoms with Crippen molar-refractivity contribution >= 4 is 23.2 Å². The van der Waals surface area contributed by atoms with Crippen molar-refractivity contribution in [1.82, 2.24) is 4.98 Å². The molecule has 0 aliphatic rings. The lowest BCUT2D eigenvalue weighted by Crippen LogP contribution is -2.47. The zero-order valence-corrected chi connectivity index (χ0v) is 15.8. The number of aromatic nitrogens is 1. The Labute approximate surface area is 158 Å². The van der Waals surface area contributed by atoms with Crippen LogP contribution >= 0.6 is 0 Å². The van der Waals surface area contributed by atoms with E-state index >= 15 is 0 Å². The Kier molecular flexibility index (Phi) is 7.13. The Morgan fingerprint density at radius 2 is 1.93 bits per heavy atom. The van der Waals surface area contributed by atoms with E-state index in [-0.39, 0.29) is 12.5 Å². The van der Waals surface area contributed by atoms with Crippen LogP contribution in [0.25, 0.3) is 0 Å². The number of hydrogen-bond donors (Lipinski definition) is 1. The molecule has 1 atom stereocenters. The Morgan fingerprint density at radius 3 is 2.59 bits per heavy atom. The number of hydrogen-bond acceptors (Lipinski definition) is 6. The molecule has 0 aliphatic carbocycles. The zero-order chi connectivity index (χ0) is 19.8. The van der Waals surface area contributed by atoms with Gasteiger partial charge in [0, 0.05) is 25.1 Å². The van der Waals surface area contributed by atoms with Crippen molar-refractivity contribution < 1.29 is 23.8 Å². The van der Waals surface area contributed by atoms with E-state index in [2.05, 4.69) is 10.3 Å². The van der Waals surface area contributed by atoms with Gasteiger partial charge >= 0.3 is 11.8 Å². The van der Waals surface area contributed by atoms with Crippen molar-refractivity contribution in [2.45, 2.75) is 13.0 Å². The summed E-state index contributed by atoms with van der Waals surface area (Å²) in [6.45, 7) is 2.00. The minimum Gasteiger partial charge on any atom is -0.497 e. The average molecular weight is 373 g/mol. The van der Waals surface area contributed by atoms with Crippen LogP contribution < -0.4 is 19.7 Å². The number of methoxy groups -OCH3 is 3. The third-order valence-electron chi connectivity index (χ3n) is 3.79. The second kappa shape index (κ2) is 9.54. The molecule has 8 heteroatoms. The number of rotatable bonds is 7. The normalized spacial score (nSPS) is 11.4. The van der Waals surface area contributed by atoms with E-state index in [1.54, 1.807) is 49.5 Å². The van der Waals surface area contributed by atoms with E-state index in [1.165, 1.54) is 26.2 Å². The first kappa shape index (κ1) is 20.2. The van der Waals surface area contributed by atoms with Gasteiger partial charge in [0.25, 0.3) is 0 Å². The van der Waals surface area contributed by atoms with E-state index in [1.807, 2.05) is 0 Å². The molecule has 0 spiro atoms. The Balaban J connectivity index is 2.31. The summed E-state index contributed by atoms with van der Waals surface area (Å²) in [5.41, 5.74) is 0.834. The molecule has 144 valence electrons. The molecular formula is C19H23N3O5. The van der Waals surface area contributed by atoms with Crippen molar-refractivity contribution in [3.8, 4) is 11.6 Å². The van der Waals surface area contributed by atoms with Crippen molar-refractivity contribution in [2.75, 3.05) is 38.2 Å². The maximum Gasteiger partial charge on any atom is 0.317 e. The highest BCUT2D eigenvalue weighted by Gasteiger charge is 2.30. The van der Waals surface area contributed by atoms with Crippen LogP contribution in [0.15, 0.2) is 42.6 Å². The lowest BCUT2D eigenvalue weighted by molar-refractivity contribution is -0.134. The molecular weight excluding hydrogens is 350 g/mol. The molecule has 0 radical (unpaired) electrons. The molecule has 2 amide bonds. The number of carbonyl (C=O) groups excluding carboxylic acids is 2. The molecule has 2 rings (SSSR count). The van der Waals surface area contributed by atoms with Crippen molar-refractivity contribution in [3.05, 3.63) is 42.6 Å². The number of ether oxygens (including phenoxy) is 3. The van der Waals surface area contributed by atoms with Crippen LogP contribution in [0.5, 0.6) is 11.6 Å². The topological polar surface area (TPSA) is 90.0 Å². The fraction of sp³-hybridized carbons (Fsp3) is 0.316. The average Bonchev–Trinajstić information content (AvgIpc) is 2.68. The first-order valence-electron chi connectivity index (χ1n) is 8.28. The van der Waals surface area contributed by atoms with Crippen molar-refractivity contribution in [1.29, 1.82) is 0 Å². The number of nitrogens with one attached hydrogen (secondary N) is 1. The molecule has 1 heterocycles. The van der Waals surface area contributed by atoms with Gasteiger partial charge in [0.1, 0.15) is 11.4 Å². The summed E-state index contributed by atoms with van der Waals surface area (Å²) in [6, 6.07) is 9.66. The molecule has 0 bridgehead atoms. The number of nitrogens with zero attached hydrogens (tertiary/aromatic N) is 2. The predicted octanol–water partition coefficient (Wildman–Crippen LogP) is 2.11. The van der Waals surface area contributed by atoms with Gasteiger partial charge < -0.3 is 19.5 Å². The highest BCUT2D eigenvalue weighted by Crippen LogP contribution is 2.27. The molecule has 1 aromatic carbocycles. The van der Waals surface area contributed by atoms with E-state index < -0.39 is 17.9 Å². The Bertz CT molecular complexity index is 796. The molecule has 8 nitrogen and oxygen atoms in total. The summed E-state index contributed by atoms with van der Waals surface area (Å²) in [6.07, 6.45) is 1.54. The summed E-state index contributed by atoms with van der Waals surface area (Å²) in [5.74, 6) is -0.743. The monoisotopic (exact) mass is 373 g/mol. The molecule has 1 unspecified atom stereocenters. The van der Waals surface area contributed by atoms with Crippen LogP contribution in [0.1, 0.15) is 6.92 Å². The molecule has 2 aromatic rings. The summed E-state index contributed by atoms with van der Waals surface area (Å²) in [7, 11) is 4.50. The SMILES string of the molecule is COCC(C)N(C(=O)C(=O)Nc1cccc(OC)c1)c1cccnc1OC. The lowest BCUT2D eigenvalue weighted by atomic mass is 10.2. The molecule has 1 aromatic heterocycles. The molecule has 27 heavy (non-hydrogen) atoms. The summed E-state index contributed by atoms with van der Waals surface area (Å²) in [5, 5.41) is 2.59. The van der Waals surface area contributed by atoms with Gasteiger partial charge in [0.2, 0.25) is 5.88 Å². The Morgan fingerprint density at radius 1 is 1.15 bits per heavy atom. The van der Waals surface area contributed by atoms with Crippen molar-refractivity contribution in [2.24, 2.45) is 0 Å². The largest absolute Gasteiger partial charge is 0.497 e. The van der Waals surface area contributed by atoms with Gasteiger partial charge in [-0.2, -0.15) is 0 Å². The second-order valence-corrected chi connectivity index (χ2v) is 5.70. The molecule has 0 saturated heterocycles. The Hall–Kier alpha value is -3.13. The van der Waals surface area contributed by atoms with E-state index in [0.717, 1.165) is 0 Å². The van der Waals surface area contributed by atoms with Crippen LogP contribution in [0.2, 0.25) is 0 Å². The van der Waals surface area contributed by atoms with Gasteiger partial charge in [-0.05, 0) is 31.2 Å². The number of carbonyl (C=O) groups is 2. The number of anilines is 2. The molecule has 0 fully saturated rings. The highest BCUT2D eigenvalue weighted by molar-refractivity contribution is 6.44. The molecule has 0 saturated carbocycles. The van der Waals surface area contributed by atoms with E-state index in [4.69, 9.17) is 14.2 Å². The van der Waals surface area contributed by atoms with Crippen LogP contribution in [0.4, 0.5) is 11.4 Å². The van der Waals surface area contributed by atoms with Crippen LogP contribution in [-0.2, 0) is 14.3 Å². The predicted molar refractivity (Wildman–Crippen MR) is 101 cm³/mol. The first-order valence-corrected chi connectivity index (χ1v) is 8.28. The van der Waals surface area contributed by atoms with Crippen LogP contribution in [-0.4, -0.2) is 50.8 Å². The van der Waals surface area contributed by atoms with Crippen molar-refractivity contribution in [3.63, 3.8) is 0 Å². The number of benzene rings is 1. The van der Waals surface area contributed by atoms with Gasteiger partial charge in [-0.25, -0.2) is 4.98 Å². The van der Waals surface area contributed by atoms with E-state index in [9.17, 15) is 9.59 Å². The fourth-order valence-electron chi connectivity index (χ4n) is 2.58. The van der Waals surface area contributed by atoms with Gasteiger partial charge in [-0.15, -0.1) is 0 Å². The number of amides is 2. The lowest BCUT2D eigenvalue weighted by Gasteiger charge is -2.29. The third-order valence-corrected chi connectivity index (χ3v) is 3.79. The highest BCUT2D eigenvalue weighted by atomic mass is 16.5. The summed E-state index contributed by atoms with van der Waals surface area (Å²) in [4.78, 5) is 30.9. The standard InChI is InChI=1S/C19H23N3O5/c1-13(12-25-2)22(16-9-6-10-20-18(16)27-4)19(24)17(23)21-14-7-5-8-15(11-14)26-3/h5-11,13H,12H2,1-4H3,(H,21,23). The quantitative estimate of drug-likeness (QED) is 0.748. The first-order chi connectivity index (χ1) is 13.0. The van der Waals surface area contributed by atoms with Gasteiger partial charge in [0.15, 0.2) is 0 Å². The third kappa shape index (κ3) is 4.95. The minimum absolute atomic E-state index is 0.232. The van der Waals surface area contributed by atoms with E-state index in [0.29, 0.717) is 17.1 Å². The molecule has 1 N–H and O–H groups in total. The molecule has 0 aliphatic heterocycles. The number of pyridine rings is 1. The summed E-state index contributed by atoms with van der Waals surface area (Å²) < 4.78 is 15.5. The van der Waals surface area contributed by atoms with Crippen LogP contribution in [0.3, 0.4) is 0 Å². The van der Waals surface area contributed by atoms with Crippen LogP contribution in [0, 0.1) is 0 Å². The fourth-order valence-corrected chi connectivity index (χ4v) is 2.58. The smallest absolute Gasteiger partial charge is 0.317 e. The zero-order valence-electron chi connectivity index (χ0n) is 15.8. The van der Waals surface area contributed by atoms with Gasteiger partial charge in [-0.1, -0.05) is 6.07 Å². The maximum atomic E-state index is 12.9. The second-order valence-electron chi connectivity index (χ2n) is 5.70. The summed E-state index contributed by atoms with van der Waals surface area (Å²) >= 11 is 0. The maximum absolute atomic E-state index is 12.9. The van der Waals surface area contributed by atoms with Gasteiger partial charge in [-0.3, -0.25) is 14.5 Å².